The van der Waals surface area contributed by atoms with Gasteiger partial charge >= 0.3 is 12.2 Å². The van der Waals surface area contributed by atoms with Gasteiger partial charge in [-0.25, -0.2) is 9.59 Å². The number of benzene rings is 2. The number of carbonyl (C=O) groups is 2. The Morgan fingerprint density at radius 1 is 0.984 bits per heavy atom. The van der Waals surface area contributed by atoms with Crippen LogP contribution in [0.3, 0.4) is 0 Å². The molecular formula is C44H60ClN3O13. The van der Waals surface area contributed by atoms with Gasteiger partial charge in [0.05, 0.1) is 63.8 Å². The van der Waals surface area contributed by atoms with Gasteiger partial charge in [-0.3, -0.25) is 10.2 Å². The number of aliphatic hydroxyl groups excluding tert-OH is 3. The Hall–Kier alpha value is -4.58. The van der Waals surface area contributed by atoms with Crippen molar-refractivity contribution in [2.24, 2.45) is 22.9 Å². The lowest BCUT2D eigenvalue weighted by molar-refractivity contribution is -0.256. The van der Waals surface area contributed by atoms with Crippen LogP contribution in [0.2, 0.25) is 0 Å². The number of amides is 2. The normalized spacial score (nSPS) is 23.1. The van der Waals surface area contributed by atoms with Crippen molar-refractivity contribution in [2.75, 3.05) is 85.3 Å². The number of oxime groups is 1. The van der Waals surface area contributed by atoms with E-state index in [1.54, 1.807) is 42.5 Å². The first-order chi connectivity index (χ1) is 29.7. The average Bonchev–Trinajstić information content (AvgIpc) is 3.26. The first-order valence-electron chi connectivity index (χ1n) is 20.7. The number of nitrogens with one attached hydrogen (secondary N) is 1. The van der Waals surface area contributed by atoms with Gasteiger partial charge in [-0.15, -0.1) is 18.2 Å². The lowest BCUT2D eigenvalue weighted by Crippen LogP contribution is -2.70. The molecular weight excluding hydrogens is 814 g/mol. The van der Waals surface area contributed by atoms with Gasteiger partial charge in [-0.1, -0.05) is 30.1 Å². The van der Waals surface area contributed by atoms with E-state index in [2.05, 4.69) is 23.1 Å². The van der Waals surface area contributed by atoms with E-state index in [1.165, 1.54) is 26.2 Å². The highest BCUT2D eigenvalue weighted by Crippen LogP contribution is 2.62. The highest BCUT2D eigenvalue weighted by molar-refractivity contribution is 6.18. The van der Waals surface area contributed by atoms with Crippen LogP contribution in [-0.2, 0) is 19.0 Å². The number of aliphatic hydroxyl groups is 3. The van der Waals surface area contributed by atoms with E-state index in [9.17, 15) is 24.9 Å². The molecule has 2 amide bonds. The first kappa shape index (κ1) is 47.5. The summed E-state index contributed by atoms with van der Waals surface area (Å²) < 4.78 is 42.1. The van der Waals surface area contributed by atoms with Gasteiger partial charge in [0.25, 0.3) is 0 Å². The van der Waals surface area contributed by atoms with E-state index >= 15 is 0 Å². The number of methoxy groups -OCH3 is 2. The number of fused-ring (bicyclic) bond motifs is 2. The van der Waals surface area contributed by atoms with Crippen molar-refractivity contribution in [3.63, 3.8) is 0 Å². The highest BCUT2D eigenvalue weighted by atomic mass is 35.5. The molecule has 0 radical (unpaired) electrons. The molecule has 0 saturated heterocycles. The molecule has 0 spiro atoms. The Kier molecular flexibility index (Phi) is 18.4. The molecule has 1 saturated carbocycles. The van der Waals surface area contributed by atoms with Gasteiger partial charge in [0.15, 0.2) is 0 Å². The molecule has 61 heavy (non-hydrogen) atoms. The summed E-state index contributed by atoms with van der Waals surface area (Å²) in [4.78, 5) is 34.6. The van der Waals surface area contributed by atoms with Crippen molar-refractivity contribution in [1.29, 1.82) is 0 Å². The molecule has 2 aromatic carbocycles. The van der Waals surface area contributed by atoms with E-state index in [0.29, 0.717) is 54.3 Å². The van der Waals surface area contributed by atoms with E-state index in [4.69, 9.17) is 49.6 Å². The Bertz CT molecular complexity index is 1830. The lowest BCUT2D eigenvalue weighted by Gasteiger charge is -2.59. The van der Waals surface area contributed by atoms with Crippen LogP contribution in [0.1, 0.15) is 56.4 Å². The number of nitrogens with zero attached hydrogens (tertiary/aromatic N) is 2. The number of ether oxygens (including phenoxy) is 7. The number of rotatable bonds is 24. The highest BCUT2D eigenvalue weighted by Gasteiger charge is 2.65. The van der Waals surface area contributed by atoms with Gasteiger partial charge in [-0.05, 0) is 73.4 Å². The monoisotopic (exact) mass is 873 g/mol. The molecule has 0 aromatic heterocycles. The molecule has 4 N–H and O–H groups in total. The van der Waals surface area contributed by atoms with Crippen LogP contribution in [0.4, 0.5) is 15.3 Å². The maximum Gasteiger partial charge on any atom is 0.417 e. The van der Waals surface area contributed by atoms with Crippen molar-refractivity contribution >= 4 is 35.2 Å². The van der Waals surface area contributed by atoms with Crippen LogP contribution in [0.5, 0.6) is 23.0 Å². The van der Waals surface area contributed by atoms with Gasteiger partial charge in [0, 0.05) is 43.7 Å². The zero-order chi connectivity index (χ0) is 43.8. The lowest BCUT2D eigenvalue weighted by atomic mass is 9.55. The Balaban J connectivity index is 1.69. The summed E-state index contributed by atoms with van der Waals surface area (Å²) in [6, 6.07) is 9.30. The molecule has 2 aliphatic carbocycles. The third-order valence-corrected chi connectivity index (χ3v) is 11.5. The molecule has 16 nitrogen and oxygen atoms in total. The largest absolute Gasteiger partial charge is 0.497 e. The minimum absolute atomic E-state index is 0.0183. The quantitative estimate of drug-likeness (QED) is 0.0400. The molecule has 3 aliphatic rings. The third kappa shape index (κ3) is 11.3. The van der Waals surface area contributed by atoms with Crippen molar-refractivity contribution in [3.05, 3.63) is 66.3 Å². The van der Waals surface area contributed by atoms with Crippen LogP contribution in [0.15, 0.2) is 65.9 Å². The number of carbonyl (C=O) groups excluding carboxylic acids is 2. The number of anilines is 1. The van der Waals surface area contributed by atoms with Gasteiger partial charge in [0.1, 0.15) is 42.8 Å². The molecule has 6 unspecified atom stereocenters. The summed E-state index contributed by atoms with van der Waals surface area (Å²) in [5.74, 6) is -0.932. The fraction of sp³-hybridized carbons (Fsp3) is 0.568. The number of hydrogen-bond donors (Lipinski definition) is 4. The Labute approximate surface area is 362 Å². The van der Waals surface area contributed by atoms with Gasteiger partial charge < -0.3 is 53.3 Å². The maximum atomic E-state index is 14.1. The Morgan fingerprint density at radius 3 is 2.44 bits per heavy atom. The van der Waals surface area contributed by atoms with E-state index < -0.39 is 29.9 Å². The molecule has 1 fully saturated rings. The SMILES string of the molecule is C=CCOC12Oc3ccc(OC(=O)Nc4ccc(OC)cc4OC)cc3C3C(CCCCO)C(CCCCO)C=C(C(=NOC)CC1N(CCOCCO)C(=O)OCCCl)C32. The smallest absolute Gasteiger partial charge is 0.417 e. The summed E-state index contributed by atoms with van der Waals surface area (Å²) in [5, 5.41) is 36.5. The number of allylic oxidation sites excluding steroid dienone is 1. The molecule has 1 heterocycles. The average molecular weight is 874 g/mol. The van der Waals surface area contributed by atoms with Gasteiger partial charge in [0.2, 0.25) is 5.79 Å². The topological polar surface area (TPSA) is 196 Å². The number of hydrogen-bond acceptors (Lipinski definition) is 14. The fourth-order valence-electron chi connectivity index (χ4n) is 8.88. The van der Waals surface area contributed by atoms with E-state index in [1.807, 2.05) is 0 Å². The predicted molar refractivity (Wildman–Crippen MR) is 228 cm³/mol. The second-order valence-electron chi connectivity index (χ2n) is 14.9. The van der Waals surface area contributed by atoms with Crippen LogP contribution >= 0.6 is 11.6 Å². The molecule has 1 aliphatic heterocycles. The van der Waals surface area contributed by atoms with Crippen molar-refractivity contribution < 1.29 is 62.9 Å². The number of unbranched alkanes of at least 4 members (excludes halogenated alkanes) is 2. The predicted octanol–water partition coefficient (Wildman–Crippen LogP) is 6.26. The van der Waals surface area contributed by atoms with Crippen molar-refractivity contribution in [2.45, 2.75) is 62.7 Å². The third-order valence-electron chi connectivity index (χ3n) is 11.3. The van der Waals surface area contributed by atoms with Crippen molar-refractivity contribution in [3.8, 4) is 23.0 Å². The van der Waals surface area contributed by atoms with Gasteiger partial charge in [-0.2, -0.15) is 0 Å². The fourth-order valence-corrected chi connectivity index (χ4v) is 8.96. The van der Waals surface area contributed by atoms with Crippen molar-refractivity contribution in [1.82, 2.24) is 4.90 Å². The summed E-state index contributed by atoms with van der Waals surface area (Å²) >= 11 is 5.98. The van der Waals surface area contributed by atoms with E-state index in [-0.39, 0.29) is 88.6 Å². The Morgan fingerprint density at radius 2 is 1.75 bits per heavy atom. The summed E-state index contributed by atoms with van der Waals surface area (Å²) in [6.45, 7) is 4.01. The van der Waals surface area contributed by atoms with Crippen LogP contribution < -0.4 is 24.3 Å². The summed E-state index contributed by atoms with van der Waals surface area (Å²) in [5.41, 5.74) is 2.54. The summed E-state index contributed by atoms with van der Waals surface area (Å²) in [7, 11) is 4.49. The zero-order valence-electron chi connectivity index (χ0n) is 35.2. The number of alkyl halides is 1. The van der Waals surface area contributed by atoms with Crippen LogP contribution in [0, 0.1) is 17.8 Å². The second-order valence-corrected chi connectivity index (χ2v) is 15.2. The minimum atomic E-state index is -1.56. The van der Waals surface area contributed by atoms with Crippen LogP contribution in [-0.4, -0.2) is 130 Å². The molecule has 2 aromatic rings. The summed E-state index contributed by atoms with van der Waals surface area (Å²) in [6.07, 6.45) is 6.67. The molecule has 0 bridgehead atoms. The maximum absolute atomic E-state index is 14.1. The molecule has 336 valence electrons. The molecule has 5 rings (SSSR count). The number of halogens is 1. The van der Waals surface area contributed by atoms with Crippen LogP contribution in [0.25, 0.3) is 0 Å². The van der Waals surface area contributed by atoms with E-state index in [0.717, 1.165) is 24.0 Å². The molecule has 6 atom stereocenters. The first-order valence-corrected chi connectivity index (χ1v) is 21.3. The standard InChI is InChI=1S/C44H60ClN3O13/c1-5-21-59-44-39(48(17-23-57-24-20-51)43(53)58-22-16-45)28-36(47-56-4)33-25-29(10-6-8-18-49)32(11-7-9-19-50)40(41(33)44)34-26-31(13-15-37(34)61-44)60-42(52)46-35-14-12-30(54-2)27-38(35)55-3/h5,12-15,25-27,29,32,39-41,49-51H,1,6-11,16-24,28H2,2-4H3,(H,46,52). The minimum Gasteiger partial charge on any atom is -0.497 e. The molecule has 17 heteroatoms. The zero-order valence-corrected chi connectivity index (χ0v) is 36.0. The second kappa shape index (κ2) is 23.6.